The third-order valence-electron chi connectivity index (χ3n) is 1.38. The molecule has 0 unspecified atom stereocenters. The highest BCUT2D eigenvalue weighted by Gasteiger charge is 2.17. The lowest BCUT2D eigenvalue weighted by Crippen LogP contribution is -2.24. The first-order chi connectivity index (χ1) is 6.52. The molecule has 14 heavy (non-hydrogen) atoms. The van der Waals surface area contributed by atoms with Crippen LogP contribution in [0.4, 0.5) is 0 Å². The van der Waals surface area contributed by atoms with E-state index in [4.69, 9.17) is 14.6 Å². The summed E-state index contributed by atoms with van der Waals surface area (Å²) in [4.78, 5) is 21.2. The van der Waals surface area contributed by atoms with E-state index in [0.717, 1.165) is 0 Å². The maximum Gasteiger partial charge on any atom is 0.345 e. The molecule has 0 fully saturated rings. The van der Waals surface area contributed by atoms with Gasteiger partial charge in [0.25, 0.3) is 0 Å². The third kappa shape index (κ3) is 4.01. The van der Waals surface area contributed by atoms with E-state index in [1.807, 2.05) is 0 Å². The number of carbonyl (C=O) groups is 2. The van der Waals surface area contributed by atoms with Gasteiger partial charge in [-0.05, 0) is 0 Å². The molecule has 0 amide bonds. The fraction of sp³-hybridized carbons (Fsp3) is 0.500. The standard InChI is InChI=1S/C8H12O6/c1-5(7(9)10)8(11)14-4-6(12-2)13-3/h6H,1,4H2,2-3H3,(H,9,10). The molecule has 0 spiro atoms. The van der Waals surface area contributed by atoms with E-state index in [-0.39, 0.29) is 6.61 Å². The Hall–Kier alpha value is -1.40. The molecule has 0 aliphatic carbocycles. The number of hydrogen-bond donors (Lipinski definition) is 1. The molecule has 0 saturated heterocycles. The average Bonchev–Trinajstić information content (AvgIpc) is 2.17. The Morgan fingerprint density at radius 3 is 2.21 bits per heavy atom. The van der Waals surface area contributed by atoms with Crippen LogP contribution in [0, 0.1) is 0 Å². The van der Waals surface area contributed by atoms with E-state index < -0.39 is 23.8 Å². The van der Waals surface area contributed by atoms with Crippen LogP contribution in [0.25, 0.3) is 0 Å². The molecule has 0 heterocycles. The quantitative estimate of drug-likeness (QED) is 0.212. The van der Waals surface area contributed by atoms with Crippen LogP contribution in [-0.2, 0) is 23.8 Å². The first kappa shape index (κ1) is 12.6. The maximum atomic E-state index is 10.9. The van der Waals surface area contributed by atoms with Gasteiger partial charge in [-0.15, -0.1) is 0 Å². The van der Waals surface area contributed by atoms with Crippen molar-refractivity contribution >= 4 is 11.9 Å². The van der Waals surface area contributed by atoms with Crippen molar-refractivity contribution in [1.82, 2.24) is 0 Å². The van der Waals surface area contributed by atoms with Crippen LogP contribution in [0.2, 0.25) is 0 Å². The molecular formula is C8H12O6. The van der Waals surface area contributed by atoms with Gasteiger partial charge in [0.2, 0.25) is 0 Å². The molecule has 0 aromatic rings. The molecule has 6 nitrogen and oxygen atoms in total. The Labute approximate surface area is 81.1 Å². The minimum absolute atomic E-state index is 0.182. The van der Waals surface area contributed by atoms with Gasteiger partial charge in [0.15, 0.2) is 6.29 Å². The SMILES string of the molecule is C=C(C(=O)O)C(=O)OCC(OC)OC. The van der Waals surface area contributed by atoms with Gasteiger partial charge in [0, 0.05) is 14.2 Å². The summed E-state index contributed by atoms with van der Waals surface area (Å²) in [6.07, 6.45) is -0.708. The van der Waals surface area contributed by atoms with Crippen LogP contribution in [0.5, 0.6) is 0 Å². The normalized spacial score (nSPS) is 9.93. The Bertz CT molecular complexity index is 230. The molecule has 0 bridgehead atoms. The summed E-state index contributed by atoms with van der Waals surface area (Å²) in [6, 6.07) is 0. The van der Waals surface area contributed by atoms with Crippen molar-refractivity contribution in [3.8, 4) is 0 Å². The summed E-state index contributed by atoms with van der Waals surface area (Å²) in [5.74, 6) is -2.42. The van der Waals surface area contributed by atoms with Crippen molar-refractivity contribution in [1.29, 1.82) is 0 Å². The number of hydrogen-bond acceptors (Lipinski definition) is 5. The van der Waals surface area contributed by atoms with Crippen molar-refractivity contribution in [2.24, 2.45) is 0 Å². The molecular weight excluding hydrogens is 192 g/mol. The molecule has 0 aliphatic rings. The highest BCUT2D eigenvalue weighted by Crippen LogP contribution is 1.98. The monoisotopic (exact) mass is 204 g/mol. The topological polar surface area (TPSA) is 82.1 Å². The van der Waals surface area contributed by atoms with Gasteiger partial charge in [-0.1, -0.05) is 6.58 Å². The number of carbonyl (C=O) groups excluding carboxylic acids is 1. The van der Waals surface area contributed by atoms with Crippen LogP contribution in [0.1, 0.15) is 0 Å². The molecule has 80 valence electrons. The number of carboxylic acid groups (broad SMARTS) is 1. The largest absolute Gasteiger partial charge is 0.477 e. The Balaban J connectivity index is 3.96. The van der Waals surface area contributed by atoms with Gasteiger partial charge in [-0.3, -0.25) is 0 Å². The summed E-state index contributed by atoms with van der Waals surface area (Å²) in [6.45, 7) is 2.85. The molecule has 0 atom stereocenters. The first-order valence-corrected chi connectivity index (χ1v) is 3.67. The fourth-order valence-electron chi connectivity index (χ4n) is 0.550. The van der Waals surface area contributed by atoms with Crippen molar-refractivity contribution in [2.75, 3.05) is 20.8 Å². The van der Waals surface area contributed by atoms with Crippen LogP contribution in [0.3, 0.4) is 0 Å². The summed E-state index contributed by atoms with van der Waals surface area (Å²) in [5.41, 5.74) is -0.629. The number of rotatable bonds is 6. The number of ether oxygens (including phenoxy) is 3. The summed E-state index contributed by atoms with van der Waals surface area (Å²) < 4.78 is 14.0. The smallest absolute Gasteiger partial charge is 0.345 e. The zero-order valence-corrected chi connectivity index (χ0v) is 7.98. The second-order valence-corrected chi connectivity index (χ2v) is 2.28. The highest BCUT2D eigenvalue weighted by atomic mass is 16.7. The summed E-state index contributed by atoms with van der Waals surface area (Å²) >= 11 is 0. The third-order valence-corrected chi connectivity index (χ3v) is 1.38. The highest BCUT2D eigenvalue weighted by molar-refractivity contribution is 6.12. The van der Waals surface area contributed by atoms with Gasteiger partial charge in [0.05, 0.1) is 0 Å². The van der Waals surface area contributed by atoms with Crippen molar-refractivity contribution < 1.29 is 28.9 Å². The zero-order chi connectivity index (χ0) is 11.1. The summed E-state index contributed by atoms with van der Waals surface area (Å²) in [5, 5.41) is 8.37. The minimum Gasteiger partial charge on any atom is -0.477 e. The lowest BCUT2D eigenvalue weighted by Gasteiger charge is -2.12. The molecule has 0 rings (SSSR count). The van der Waals surface area contributed by atoms with Crippen molar-refractivity contribution in [2.45, 2.75) is 6.29 Å². The number of aliphatic carboxylic acids is 1. The van der Waals surface area contributed by atoms with Gasteiger partial charge < -0.3 is 19.3 Å². The van der Waals surface area contributed by atoms with Crippen molar-refractivity contribution in [3.05, 3.63) is 12.2 Å². The lowest BCUT2D eigenvalue weighted by atomic mass is 10.3. The predicted octanol–water partition coefficient (Wildman–Crippen LogP) is -0.211. The van der Waals surface area contributed by atoms with Crippen LogP contribution in [0.15, 0.2) is 12.2 Å². The first-order valence-electron chi connectivity index (χ1n) is 3.67. The van der Waals surface area contributed by atoms with E-state index >= 15 is 0 Å². The maximum absolute atomic E-state index is 10.9. The van der Waals surface area contributed by atoms with E-state index in [1.165, 1.54) is 14.2 Å². The average molecular weight is 204 g/mol. The van der Waals surface area contributed by atoms with Gasteiger partial charge in [-0.25, -0.2) is 9.59 Å². The minimum atomic E-state index is -1.42. The van der Waals surface area contributed by atoms with Gasteiger partial charge in [0.1, 0.15) is 12.2 Å². The zero-order valence-electron chi connectivity index (χ0n) is 7.98. The molecule has 1 N–H and O–H groups in total. The second kappa shape index (κ2) is 6.11. The van der Waals surface area contributed by atoms with E-state index in [1.54, 1.807) is 0 Å². The van der Waals surface area contributed by atoms with E-state index in [0.29, 0.717) is 0 Å². The fourth-order valence-corrected chi connectivity index (χ4v) is 0.550. The second-order valence-electron chi connectivity index (χ2n) is 2.28. The molecule has 0 saturated carbocycles. The lowest BCUT2D eigenvalue weighted by molar-refractivity contribution is -0.164. The Morgan fingerprint density at radius 2 is 1.86 bits per heavy atom. The summed E-state index contributed by atoms with van der Waals surface area (Å²) in [7, 11) is 2.74. The van der Waals surface area contributed by atoms with Gasteiger partial charge >= 0.3 is 11.9 Å². The van der Waals surface area contributed by atoms with E-state index in [9.17, 15) is 9.59 Å². The van der Waals surface area contributed by atoms with Gasteiger partial charge in [-0.2, -0.15) is 0 Å². The molecule has 0 aliphatic heterocycles. The van der Waals surface area contributed by atoms with Crippen LogP contribution < -0.4 is 0 Å². The van der Waals surface area contributed by atoms with Crippen molar-refractivity contribution in [3.63, 3.8) is 0 Å². The molecule has 0 aromatic carbocycles. The van der Waals surface area contributed by atoms with Crippen LogP contribution in [-0.4, -0.2) is 44.2 Å². The molecule has 0 radical (unpaired) electrons. The number of esters is 1. The Kier molecular flexibility index (Phi) is 5.50. The Morgan fingerprint density at radius 1 is 1.36 bits per heavy atom. The molecule has 0 aromatic heterocycles. The predicted molar refractivity (Wildman–Crippen MR) is 45.5 cm³/mol. The van der Waals surface area contributed by atoms with E-state index in [2.05, 4.69) is 11.3 Å². The van der Waals surface area contributed by atoms with Crippen LogP contribution >= 0.6 is 0 Å². The number of methoxy groups -OCH3 is 2. The number of carboxylic acids is 1. The molecule has 6 heteroatoms.